The number of piperazine rings is 1. The van der Waals surface area contributed by atoms with Gasteiger partial charge in [0.2, 0.25) is 0 Å². The standard InChI is InChI=1S/C12H12N2O2/c15-11-12(16)14-6-5-8-3-1-2-4-9(8)10(14)7-13-11/h1-4,10H,5-7H2,(H,13,15). The van der Waals surface area contributed by atoms with Gasteiger partial charge in [0.15, 0.2) is 0 Å². The molecule has 2 aliphatic rings. The predicted octanol–water partition coefficient (Wildman–Crippen LogP) is 0.242. The number of hydrogen-bond acceptors (Lipinski definition) is 2. The molecule has 1 unspecified atom stereocenters. The second-order valence-electron chi connectivity index (χ2n) is 4.17. The Morgan fingerprint density at radius 2 is 2.06 bits per heavy atom. The largest absolute Gasteiger partial charge is 0.345 e. The normalized spacial score (nSPS) is 23.5. The third-order valence-corrected chi connectivity index (χ3v) is 3.32. The van der Waals surface area contributed by atoms with Crippen molar-refractivity contribution in [1.82, 2.24) is 10.2 Å². The minimum atomic E-state index is -0.476. The van der Waals surface area contributed by atoms with E-state index in [9.17, 15) is 9.59 Å². The summed E-state index contributed by atoms with van der Waals surface area (Å²) in [4.78, 5) is 24.6. The second kappa shape index (κ2) is 3.33. The molecular formula is C12H12N2O2. The number of rotatable bonds is 0. The zero-order valence-electron chi connectivity index (χ0n) is 8.77. The zero-order valence-corrected chi connectivity index (χ0v) is 8.77. The fourth-order valence-corrected chi connectivity index (χ4v) is 2.51. The van der Waals surface area contributed by atoms with E-state index in [1.807, 2.05) is 18.2 Å². The van der Waals surface area contributed by atoms with Gasteiger partial charge in [-0.2, -0.15) is 0 Å². The Hall–Kier alpha value is -1.84. The van der Waals surface area contributed by atoms with Crippen LogP contribution < -0.4 is 5.32 Å². The summed E-state index contributed by atoms with van der Waals surface area (Å²) in [5, 5.41) is 2.64. The lowest BCUT2D eigenvalue weighted by Crippen LogP contribution is -2.55. The van der Waals surface area contributed by atoms with Crippen molar-refractivity contribution in [3.63, 3.8) is 0 Å². The molecule has 1 saturated heterocycles. The van der Waals surface area contributed by atoms with Crippen LogP contribution in [-0.4, -0.2) is 29.8 Å². The number of carbonyl (C=O) groups excluding carboxylic acids is 2. The van der Waals surface area contributed by atoms with Gasteiger partial charge in [-0.25, -0.2) is 0 Å². The molecular weight excluding hydrogens is 204 g/mol. The zero-order chi connectivity index (χ0) is 11.1. The van der Waals surface area contributed by atoms with E-state index in [-0.39, 0.29) is 6.04 Å². The Balaban J connectivity index is 2.02. The first-order chi connectivity index (χ1) is 7.77. The molecule has 1 aromatic rings. The molecule has 2 amide bonds. The van der Waals surface area contributed by atoms with Gasteiger partial charge in [0, 0.05) is 13.1 Å². The van der Waals surface area contributed by atoms with Crippen LogP contribution in [0.2, 0.25) is 0 Å². The van der Waals surface area contributed by atoms with E-state index in [0.29, 0.717) is 13.1 Å². The summed E-state index contributed by atoms with van der Waals surface area (Å²) in [6.45, 7) is 1.18. The minimum Gasteiger partial charge on any atom is -0.345 e. The van der Waals surface area contributed by atoms with Crippen LogP contribution in [0.15, 0.2) is 24.3 Å². The van der Waals surface area contributed by atoms with E-state index in [0.717, 1.165) is 6.42 Å². The van der Waals surface area contributed by atoms with Crippen molar-refractivity contribution in [3.05, 3.63) is 35.4 Å². The van der Waals surface area contributed by atoms with Crippen molar-refractivity contribution in [1.29, 1.82) is 0 Å². The average Bonchev–Trinajstić information content (AvgIpc) is 2.33. The molecule has 1 fully saturated rings. The molecule has 0 spiro atoms. The molecule has 2 heterocycles. The van der Waals surface area contributed by atoms with Gasteiger partial charge in [-0.05, 0) is 17.5 Å². The lowest BCUT2D eigenvalue weighted by Gasteiger charge is -2.39. The molecule has 1 aromatic carbocycles. The molecule has 4 heteroatoms. The number of carbonyl (C=O) groups is 2. The number of nitrogens with one attached hydrogen (secondary N) is 1. The van der Waals surface area contributed by atoms with E-state index in [2.05, 4.69) is 11.4 Å². The van der Waals surface area contributed by atoms with Gasteiger partial charge < -0.3 is 10.2 Å². The highest BCUT2D eigenvalue weighted by atomic mass is 16.2. The maximum Gasteiger partial charge on any atom is 0.312 e. The van der Waals surface area contributed by atoms with E-state index >= 15 is 0 Å². The molecule has 16 heavy (non-hydrogen) atoms. The van der Waals surface area contributed by atoms with E-state index in [1.54, 1.807) is 4.90 Å². The van der Waals surface area contributed by atoms with Crippen LogP contribution in [0, 0.1) is 0 Å². The quantitative estimate of drug-likeness (QED) is 0.632. The lowest BCUT2D eigenvalue weighted by atomic mass is 9.91. The van der Waals surface area contributed by atoms with Crippen LogP contribution in [-0.2, 0) is 16.0 Å². The van der Waals surface area contributed by atoms with E-state index in [4.69, 9.17) is 0 Å². The molecule has 0 bridgehead atoms. The SMILES string of the molecule is O=C1NCC2c3ccccc3CCN2C1=O. The Kier molecular flexibility index (Phi) is 1.96. The third kappa shape index (κ3) is 1.23. The highest BCUT2D eigenvalue weighted by Crippen LogP contribution is 2.30. The number of benzene rings is 1. The van der Waals surface area contributed by atoms with Crippen LogP contribution in [0.5, 0.6) is 0 Å². The van der Waals surface area contributed by atoms with Gasteiger partial charge >= 0.3 is 11.8 Å². The fraction of sp³-hybridized carbons (Fsp3) is 0.333. The molecule has 1 atom stereocenters. The first-order valence-electron chi connectivity index (χ1n) is 5.44. The molecule has 2 aliphatic heterocycles. The molecule has 3 rings (SSSR count). The van der Waals surface area contributed by atoms with Crippen molar-refractivity contribution in [2.45, 2.75) is 12.5 Å². The Morgan fingerprint density at radius 1 is 1.25 bits per heavy atom. The van der Waals surface area contributed by atoms with Crippen molar-refractivity contribution >= 4 is 11.8 Å². The minimum absolute atomic E-state index is 0.0233. The van der Waals surface area contributed by atoms with E-state index in [1.165, 1.54) is 11.1 Å². The molecule has 0 aliphatic carbocycles. The first-order valence-corrected chi connectivity index (χ1v) is 5.44. The number of fused-ring (bicyclic) bond motifs is 3. The highest BCUT2D eigenvalue weighted by Gasteiger charge is 2.37. The molecule has 0 radical (unpaired) electrons. The molecule has 82 valence electrons. The molecule has 0 aromatic heterocycles. The summed E-state index contributed by atoms with van der Waals surface area (Å²) < 4.78 is 0. The van der Waals surface area contributed by atoms with Crippen molar-refractivity contribution in [3.8, 4) is 0 Å². The van der Waals surface area contributed by atoms with Crippen molar-refractivity contribution in [2.24, 2.45) is 0 Å². The van der Waals surface area contributed by atoms with Crippen LogP contribution in [0.4, 0.5) is 0 Å². The summed E-state index contributed by atoms with van der Waals surface area (Å²) in [5.74, 6) is -0.874. The topological polar surface area (TPSA) is 49.4 Å². The summed E-state index contributed by atoms with van der Waals surface area (Å²) >= 11 is 0. The van der Waals surface area contributed by atoms with Crippen LogP contribution in [0.1, 0.15) is 17.2 Å². The number of hydrogen-bond donors (Lipinski definition) is 1. The first kappa shape index (κ1) is 9.39. The maximum absolute atomic E-state index is 11.7. The number of amides is 2. The van der Waals surface area contributed by atoms with Crippen LogP contribution in [0.25, 0.3) is 0 Å². The van der Waals surface area contributed by atoms with Crippen molar-refractivity contribution < 1.29 is 9.59 Å². The Bertz CT molecular complexity index is 470. The van der Waals surface area contributed by atoms with Crippen molar-refractivity contribution in [2.75, 3.05) is 13.1 Å². The predicted molar refractivity (Wildman–Crippen MR) is 57.6 cm³/mol. The van der Waals surface area contributed by atoms with Gasteiger partial charge in [-0.15, -0.1) is 0 Å². The molecule has 4 nitrogen and oxygen atoms in total. The summed E-state index contributed by atoms with van der Waals surface area (Å²) in [7, 11) is 0. The van der Waals surface area contributed by atoms with Crippen LogP contribution in [0.3, 0.4) is 0 Å². The average molecular weight is 216 g/mol. The second-order valence-corrected chi connectivity index (χ2v) is 4.17. The molecule has 1 N–H and O–H groups in total. The summed E-state index contributed by atoms with van der Waals surface area (Å²) in [5.41, 5.74) is 2.45. The van der Waals surface area contributed by atoms with Gasteiger partial charge in [0.25, 0.3) is 0 Å². The fourth-order valence-electron chi connectivity index (χ4n) is 2.51. The number of nitrogens with zero attached hydrogens (tertiary/aromatic N) is 1. The smallest absolute Gasteiger partial charge is 0.312 e. The Labute approximate surface area is 93.2 Å². The van der Waals surface area contributed by atoms with Crippen LogP contribution >= 0.6 is 0 Å². The Morgan fingerprint density at radius 3 is 2.94 bits per heavy atom. The third-order valence-electron chi connectivity index (χ3n) is 3.32. The summed E-state index contributed by atoms with van der Waals surface area (Å²) in [6, 6.07) is 8.14. The highest BCUT2D eigenvalue weighted by molar-refractivity contribution is 6.35. The summed E-state index contributed by atoms with van der Waals surface area (Å²) in [6.07, 6.45) is 0.839. The lowest BCUT2D eigenvalue weighted by molar-refractivity contribution is -0.151. The maximum atomic E-state index is 11.7. The van der Waals surface area contributed by atoms with Gasteiger partial charge in [-0.1, -0.05) is 24.3 Å². The van der Waals surface area contributed by atoms with Gasteiger partial charge in [0.1, 0.15) is 0 Å². The monoisotopic (exact) mass is 216 g/mol. The van der Waals surface area contributed by atoms with Gasteiger partial charge in [-0.3, -0.25) is 9.59 Å². The molecule has 0 saturated carbocycles. The van der Waals surface area contributed by atoms with E-state index < -0.39 is 11.8 Å². The van der Waals surface area contributed by atoms with Gasteiger partial charge in [0.05, 0.1) is 6.04 Å².